The first-order chi connectivity index (χ1) is 8.70. The van der Waals surface area contributed by atoms with Crippen molar-refractivity contribution >= 4 is 50.6 Å². The molecule has 1 amide bonds. The molecule has 94 valence electrons. The second kappa shape index (κ2) is 6.41. The van der Waals surface area contributed by atoms with Crippen molar-refractivity contribution in [2.45, 2.75) is 5.75 Å². The highest BCUT2D eigenvalue weighted by molar-refractivity contribution is 9.10. The highest BCUT2D eigenvalue weighted by atomic mass is 79.9. The van der Waals surface area contributed by atoms with Crippen LogP contribution in [0.1, 0.15) is 15.2 Å². The molecule has 0 atom stereocenters. The maximum Gasteiger partial charge on any atom is 0.266 e. The van der Waals surface area contributed by atoms with Crippen molar-refractivity contribution in [2.75, 3.05) is 11.6 Å². The van der Waals surface area contributed by atoms with E-state index in [9.17, 15) is 4.79 Å². The number of thioether (sulfide) groups is 1. The molecule has 0 aliphatic rings. The highest BCUT2D eigenvalue weighted by Gasteiger charge is 2.11. The summed E-state index contributed by atoms with van der Waals surface area (Å²) in [5, 5.41) is 4.78. The van der Waals surface area contributed by atoms with Crippen LogP contribution in [0.2, 0.25) is 0 Å². The maximum atomic E-state index is 12.0. The summed E-state index contributed by atoms with van der Waals surface area (Å²) in [7, 11) is 0. The normalized spacial score (nSPS) is 10.3. The van der Waals surface area contributed by atoms with Gasteiger partial charge < -0.3 is 5.32 Å². The molecular weight excluding hydrogens is 330 g/mol. The van der Waals surface area contributed by atoms with Crippen molar-refractivity contribution in [1.82, 2.24) is 0 Å². The molecule has 18 heavy (non-hydrogen) atoms. The lowest BCUT2D eigenvalue weighted by Crippen LogP contribution is -2.10. The van der Waals surface area contributed by atoms with Crippen molar-refractivity contribution < 1.29 is 4.79 Å². The van der Waals surface area contributed by atoms with Crippen LogP contribution in [0.4, 0.5) is 5.69 Å². The molecule has 1 heterocycles. The molecule has 5 heteroatoms. The van der Waals surface area contributed by atoms with E-state index in [2.05, 4.69) is 27.5 Å². The summed E-state index contributed by atoms with van der Waals surface area (Å²) in [6, 6.07) is 9.82. The van der Waals surface area contributed by atoms with E-state index >= 15 is 0 Å². The van der Waals surface area contributed by atoms with E-state index in [0.717, 1.165) is 15.9 Å². The molecule has 0 unspecified atom stereocenters. The number of rotatable bonds is 4. The van der Waals surface area contributed by atoms with Crippen molar-refractivity contribution in [3.63, 3.8) is 0 Å². The zero-order chi connectivity index (χ0) is 13.0. The number of benzene rings is 1. The summed E-state index contributed by atoms with van der Waals surface area (Å²) in [6.45, 7) is 0. The minimum absolute atomic E-state index is 0.0745. The van der Waals surface area contributed by atoms with Crippen LogP contribution < -0.4 is 5.32 Å². The Bertz CT molecular complexity index is 536. The monoisotopic (exact) mass is 341 g/mol. The number of carbonyl (C=O) groups is 1. The number of hydrogen-bond acceptors (Lipinski definition) is 3. The van der Waals surface area contributed by atoms with Gasteiger partial charge in [0.2, 0.25) is 0 Å². The minimum Gasteiger partial charge on any atom is -0.321 e. The summed E-state index contributed by atoms with van der Waals surface area (Å²) in [5.74, 6) is 0.916. The second-order valence-electron chi connectivity index (χ2n) is 3.68. The largest absolute Gasteiger partial charge is 0.321 e. The number of thiophene rings is 1. The first-order valence-electron chi connectivity index (χ1n) is 5.33. The number of halogens is 1. The van der Waals surface area contributed by atoms with Crippen LogP contribution in [-0.2, 0) is 5.75 Å². The molecule has 1 aromatic heterocycles. The van der Waals surface area contributed by atoms with Crippen LogP contribution in [0.3, 0.4) is 0 Å². The van der Waals surface area contributed by atoms with Crippen LogP contribution in [0.15, 0.2) is 40.2 Å². The third-order valence-corrected chi connectivity index (χ3v) is 4.80. The van der Waals surface area contributed by atoms with Gasteiger partial charge in [-0.05, 0) is 51.3 Å². The molecule has 2 rings (SSSR count). The van der Waals surface area contributed by atoms with Gasteiger partial charge in [0.15, 0.2) is 0 Å². The number of amides is 1. The van der Waals surface area contributed by atoms with Gasteiger partial charge in [-0.2, -0.15) is 11.8 Å². The Morgan fingerprint density at radius 2 is 2.06 bits per heavy atom. The lowest BCUT2D eigenvalue weighted by Gasteiger charge is -2.05. The average molecular weight is 342 g/mol. The van der Waals surface area contributed by atoms with E-state index in [1.54, 1.807) is 11.8 Å². The molecule has 0 radical (unpaired) electrons. The Hall–Kier alpha value is -0.780. The zero-order valence-corrected chi connectivity index (χ0v) is 13.0. The first kappa shape index (κ1) is 13.6. The van der Waals surface area contributed by atoms with Crippen LogP contribution in [0.5, 0.6) is 0 Å². The molecule has 1 aromatic carbocycles. The average Bonchev–Trinajstić information content (AvgIpc) is 2.78. The molecule has 0 spiro atoms. The summed E-state index contributed by atoms with van der Waals surface area (Å²) in [4.78, 5) is 12.7. The fraction of sp³-hybridized carbons (Fsp3) is 0.154. The molecule has 0 saturated heterocycles. The predicted molar refractivity (Wildman–Crippen MR) is 83.6 cm³/mol. The van der Waals surface area contributed by atoms with Crippen LogP contribution in [0, 0.1) is 0 Å². The van der Waals surface area contributed by atoms with Gasteiger partial charge in [-0.3, -0.25) is 4.79 Å². The van der Waals surface area contributed by atoms with Crippen LogP contribution in [-0.4, -0.2) is 12.2 Å². The molecule has 0 aliphatic carbocycles. The number of hydrogen-bond donors (Lipinski definition) is 1. The Labute approximate surface area is 123 Å². The molecule has 0 aliphatic heterocycles. The fourth-order valence-electron chi connectivity index (χ4n) is 1.49. The zero-order valence-electron chi connectivity index (χ0n) is 9.77. The number of carbonyl (C=O) groups excluding carboxylic acids is 1. The van der Waals surface area contributed by atoms with E-state index in [4.69, 9.17) is 0 Å². The van der Waals surface area contributed by atoms with Gasteiger partial charge in [-0.25, -0.2) is 0 Å². The first-order valence-corrected chi connectivity index (χ1v) is 8.39. The number of nitrogens with one attached hydrogen (secondary N) is 1. The molecular formula is C13H12BrNOS2. The van der Waals surface area contributed by atoms with Crippen molar-refractivity contribution in [2.24, 2.45) is 0 Å². The minimum atomic E-state index is -0.0745. The Balaban J connectivity index is 2.05. The van der Waals surface area contributed by atoms with Gasteiger partial charge in [0.1, 0.15) is 4.88 Å². The van der Waals surface area contributed by atoms with Crippen molar-refractivity contribution in [1.29, 1.82) is 0 Å². The van der Waals surface area contributed by atoms with E-state index in [1.807, 2.05) is 35.7 Å². The standard InChI is InChI=1S/C13H12BrNOS2/c1-17-8-9-2-4-10(5-3-9)15-13(16)12-11(14)6-7-18-12/h2-7H,8H2,1H3,(H,15,16). The summed E-state index contributed by atoms with van der Waals surface area (Å²) >= 11 is 6.57. The molecule has 0 bridgehead atoms. The lowest BCUT2D eigenvalue weighted by molar-refractivity contribution is 0.103. The van der Waals surface area contributed by atoms with Crippen molar-refractivity contribution in [3.05, 3.63) is 50.6 Å². The van der Waals surface area contributed by atoms with Crippen LogP contribution in [0.25, 0.3) is 0 Å². The summed E-state index contributed by atoms with van der Waals surface area (Å²) in [5.41, 5.74) is 2.09. The highest BCUT2D eigenvalue weighted by Crippen LogP contribution is 2.24. The van der Waals surface area contributed by atoms with Gasteiger partial charge in [0, 0.05) is 15.9 Å². The third kappa shape index (κ3) is 3.37. The molecule has 2 aromatic rings. The third-order valence-electron chi connectivity index (χ3n) is 2.35. The molecule has 0 saturated carbocycles. The lowest BCUT2D eigenvalue weighted by atomic mass is 10.2. The van der Waals surface area contributed by atoms with Gasteiger partial charge in [0.05, 0.1) is 0 Å². The molecule has 0 fully saturated rings. The van der Waals surface area contributed by atoms with Crippen molar-refractivity contribution in [3.8, 4) is 0 Å². The molecule has 1 N–H and O–H groups in total. The van der Waals surface area contributed by atoms with E-state index in [0.29, 0.717) is 4.88 Å². The number of anilines is 1. The predicted octanol–water partition coefficient (Wildman–Crippen LogP) is 4.63. The fourth-order valence-corrected chi connectivity index (χ4v) is 3.47. The Morgan fingerprint density at radius 1 is 1.33 bits per heavy atom. The van der Waals surface area contributed by atoms with Crippen LogP contribution >= 0.6 is 39.0 Å². The summed E-state index contributed by atoms with van der Waals surface area (Å²) < 4.78 is 0.837. The maximum absolute atomic E-state index is 12.0. The van der Waals surface area contributed by atoms with E-state index < -0.39 is 0 Å². The molecule has 2 nitrogen and oxygen atoms in total. The van der Waals surface area contributed by atoms with E-state index in [-0.39, 0.29) is 5.91 Å². The SMILES string of the molecule is CSCc1ccc(NC(=O)c2sccc2Br)cc1. The van der Waals surface area contributed by atoms with E-state index in [1.165, 1.54) is 16.9 Å². The summed E-state index contributed by atoms with van der Waals surface area (Å²) in [6.07, 6.45) is 2.07. The topological polar surface area (TPSA) is 29.1 Å². The Kier molecular flexibility index (Phi) is 4.86. The van der Waals surface area contributed by atoms with Gasteiger partial charge in [-0.15, -0.1) is 11.3 Å². The van der Waals surface area contributed by atoms with Gasteiger partial charge in [-0.1, -0.05) is 12.1 Å². The van der Waals surface area contributed by atoms with Gasteiger partial charge in [0.25, 0.3) is 5.91 Å². The smallest absolute Gasteiger partial charge is 0.266 e. The van der Waals surface area contributed by atoms with Gasteiger partial charge >= 0.3 is 0 Å². The quantitative estimate of drug-likeness (QED) is 0.878. The Morgan fingerprint density at radius 3 is 2.61 bits per heavy atom. The second-order valence-corrected chi connectivity index (χ2v) is 6.32.